The van der Waals surface area contributed by atoms with Gasteiger partial charge in [0.25, 0.3) is 0 Å². The van der Waals surface area contributed by atoms with E-state index in [1.165, 1.54) is 29.5 Å². The molecule has 4 aliphatic rings. The first-order valence-electron chi connectivity index (χ1n) is 17.7. The maximum Gasteiger partial charge on any atom is 0.346 e. The molecule has 4 saturated heterocycles. The third-order valence-corrected chi connectivity index (χ3v) is 12.9. The number of aromatic nitrogens is 5. The quantitative estimate of drug-likeness (QED) is 0.210. The van der Waals surface area contributed by atoms with E-state index in [1.54, 1.807) is 6.07 Å². The number of piperidine rings is 1. The molecule has 5 aromatic rings. The number of anilines is 2. The molecule has 53 heavy (non-hydrogen) atoms. The summed E-state index contributed by atoms with van der Waals surface area (Å²) in [6.45, 7) is 2.75. The number of halogens is 4. The number of carbonyl (C=O) groups is 1. The highest BCUT2D eigenvalue weighted by Crippen LogP contribution is 2.47. The summed E-state index contributed by atoms with van der Waals surface area (Å²) >= 11 is 7.85. The third kappa shape index (κ3) is 5.38. The van der Waals surface area contributed by atoms with Crippen LogP contribution >= 0.6 is 22.9 Å². The first-order valence-corrected chi connectivity index (χ1v) is 18.8. The Balaban J connectivity index is 1.18. The summed E-state index contributed by atoms with van der Waals surface area (Å²) < 4.78 is 54.6. The smallest absolute Gasteiger partial charge is 0.346 e. The van der Waals surface area contributed by atoms with Crippen molar-refractivity contribution >= 4 is 60.8 Å². The highest BCUT2D eigenvalue weighted by atomic mass is 35.5. The summed E-state index contributed by atoms with van der Waals surface area (Å²) in [4.78, 5) is 33.1. The van der Waals surface area contributed by atoms with Crippen LogP contribution in [0.15, 0.2) is 30.9 Å². The molecule has 4 fully saturated rings. The van der Waals surface area contributed by atoms with Crippen molar-refractivity contribution in [3.63, 3.8) is 0 Å². The van der Waals surface area contributed by atoms with Crippen molar-refractivity contribution in [3.05, 3.63) is 53.1 Å². The Labute approximate surface area is 310 Å². The van der Waals surface area contributed by atoms with E-state index in [0.29, 0.717) is 43.8 Å². The first-order chi connectivity index (χ1) is 25.6. The van der Waals surface area contributed by atoms with Crippen LogP contribution < -0.4 is 15.4 Å². The van der Waals surface area contributed by atoms with Crippen molar-refractivity contribution in [1.29, 1.82) is 5.26 Å². The average Bonchev–Trinajstić information content (AvgIpc) is 3.98. The maximum absolute atomic E-state index is 17.3. The van der Waals surface area contributed by atoms with Gasteiger partial charge in [-0.2, -0.15) is 25.0 Å². The fourth-order valence-corrected chi connectivity index (χ4v) is 10.5. The van der Waals surface area contributed by atoms with Gasteiger partial charge in [-0.15, -0.1) is 11.3 Å². The molecule has 3 atom stereocenters. The Morgan fingerprint density at radius 3 is 2.75 bits per heavy atom. The number of nitrogens with zero attached hydrogens (tertiary/aromatic N) is 9. The van der Waals surface area contributed by atoms with E-state index in [9.17, 15) is 14.4 Å². The number of ether oxygens (including phenoxy) is 1. The second-order valence-electron chi connectivity index (χ2n) is 14.5. The van der Waals surface area contributed by atoms with Crippen LogP contribution in [0, 0.1) is 23.0 Å². The molecule has 1 amide bonds. The molecule has 7 heterocycles. The minimum absolute atomic E-state index is 0.00564. The van der Waals surface area contributed by atoms with Crippen LogP contribution in [0.4, 0.5) is 28.8 Å². The summed E-state index contributed by atoms with van der Waals surface area (Å²) in [7, 11) is 0. The van der Waals surface area contributed by atoms with Crippen molar-refractivity contribution in [1.82, 2.24) is 34.5 Å². The summed E-state index contributed by atoms with van der Waals surface area (Å²) in [5.41, 5.74) is 5.14. The number of rotatable bonds is 5. The van der Waals surface area contributed by atoms with Crippen molar-refractivity contribution in [3.8, 4) is 23.2 Å². The van der Waals surface area contributed by atoms with E-state index >= 15 is 8.78 Å². The maximum atomic E-state index is 17.3. The second kappa shape index (κ2) is 12.7. The van der Waals surface area contributed by atoms with E-state index in [2.05, 4.69) is 20.0 Å². The zero-order valence-corrected chi connectivity index (χ0v) is 30.1. The Morgan fingerprint density at radius 2 is 1.96 bits per heavy atom. The Morgan fingerprint density at radius 1 is 1.15 bits per heavy atom. The number of hydrogen-bond acceptors (Lipinski definition) is 11. The lowest BCUT2D eigenvalue weighted by Gasteiger charge is -2.46. The molecule has 4 aliphatic heterocycles. The molecule has 1 unspecified atom stereocenters. The lowest BCUT2D eigenvalue weighted by molar-refractivity contribution is 0.107. The molecule has 2 N–H and O–H groups in total. The number of likely N-dealkylation sites (tertiary alicyclic amines) is 1. The number of thiophene rings is 1. The topological polar surface area (TPSA) is 142 Å². The number of benzene rings is 2. The van der Waals surface area contributed by atoms with Crippen LogP contribution in [0.5, 0.6) is 6.01 Å². The summed E-state index contributed by atoms with van der Waals surface area (Å²) in [6.07, 6.45) is 6.78. The van der Waals surface area contributed by atoms with Crippen LogP contribution in [0.25, 0.3) is 32.1 Å². The van der Waals surface area contributed by atoms with Gasteiger partial charge in [0.1, 0.15) is 53.7 Å². The molecule has 0 saturated carbocycles. The zero-order chi connectivity index (χ0) is 36.6. The number of amides is 1. The van der Waals surface area contributed by atoms with Gasteiger partial charge in [-0.1, -0.05) is 17.7 Å². The molecular weight excluding hydrogens is 729 g/mol. The van der Waals surface area contributed by atoms with Gasteiger partial charge in [-0.05, 0) is 62.8 Å². The van der Waals surface area contributed by atoms with Gasteiger partial charge in [0.05, 0.1) is 26.4 Å². The van der Waals surface area contributed by atoms with Crippen LogP contribution in [-0.2, 0) is 0 Å². The van der Waals surface area contributed by atoms with Gasteiger partial charge in [0.2, 0.25) is 0 Å². The molecule has 12 nitrogen and oxygen atoms in total. The molecule has 0 radical (unpaired) electrons. The highest BCUT2D eigenvalue weighted by Gasteiger charge is 2.50. The largest absolute Gasteiger partial charge is 0.461 e. The zero-order valence-electron chi connectivity index (χ0n) is 28.5. The highest BCUT2D eigenvalue weighted by molar-refractivity contribution is 7.23. The number of alkyl halides is 1. The van der Waals surface area contributed by atoms with Crippen molar-refractivity contribution in [2.45, 2.75) is 62.2 Å². The fourth-order valence-electron chi connectivity index (χ4n) is 9.25. The lowest BCUT2D eigenvalue weighted by Crippen LogP contribution is -2.58. The molecular formula is C36H34ClF3N10O2S. The average molecular weight is 763 g/mol. The molecule has 17 heteroatoms. The molecule has 1 spiro atoms. The normalized spacial score (nSPS) is 24.5. The Bertz CT molecular complexity index is 2340. The molecule has 0 aliphatic carbocycles. The summed E-state index contributed by atoms with van der Waals surface area (Å²) in [5.74, 6) is -1.01. The Hall–Kier alpha value is -4.72. The molecule has 3 aromatic heterocycles. The van der Waals surface area contributed by atoms with Crippen LogP contribution in [0.1, 0.15) is 50.5 Å². The van der Waals surface area contributed by atoms with Crippen molar-refractivity contribution in [2.75, 3.05) is 50.0 Å². The van der Waals surface area contributed by atoms with Gasteiger partial charge >= 0.3 is 12.0 Å². The van der Waals surface area contributed by atoms with Crippen molar-refractivity contribution < 1.29 is 22.7 Å². The number of nitriles is 1. The van der Waals surface area contributed by atoms with E-state index in [4.69, 9.17) is 27.1 Å². The molecule has 9 rings (SSSR count). The van der Waals surface area contributed by atoms with E-state index in [0.717, 1.165) is 56.4 Å². The SMILES string of the molecule is N#Cc1c(N)sc2c(F)ccc(-c3c(Cl)cc4c(N5CCCC6(CCCN6C(=O)n6cncn6)C5)nc(OC[C@@]56CCCN5C[C@H](F)C6)nc4c3F)c12. The van der Waals surface area contributed by atoms with E-state index in [-0.39, 0.29) is 61.0 Å². The third-order valence-electron chi connectivity index (χ3n) is 11.6. The van der Waals surface area contributed by atoms with Gasteiger partial charge in [0, 0.05) is 48.9 Å². The predicted octanol–water partition coefficient (Wildman–Crippen LogP) is 6.55. The molecule has 274 valence electrons. The number of carbonyl (C=O) groups excluding carboxylic acids is 1. The number of hydrogen-bond donors (Lipinski definition) is 1. The lowest BCUT2D eigenvalue weighted by atomic mass is 9.86. The van der Waals surface area contributed by atoms with E-state index in [1.807, 2.05) is 15.9 Å². The molecule has 2 aromatic carbocycles. The fraction of sp³-hybridized carbons (Fsp3) is 0.444. The standard InChI is InChI=1S/C36H34ClF3N10O2S/c37-24-12-22-29(28(40)27(24)21-4-5-25(39)30-26(21)23(14-41)31(42)53-30)45-33(52-17-36-8-2-10-48(36)15-20(38)13-36)46-32(22)47-9-1-6-35(16-47)7-3-11-49(35)34(51)50-19-43-18-44-50/h4-5,12,18-20H,1-3,6-11,13,15-17,42H2/t20-,35?,36+/m1/s1. The van der Waals surface area contributed by atoms with Gasteiger partial charge in [0.15, 0.2) is 5.82 Å². The molecule has 0 bridgehead atoms. The van der Waals surface area contributed by atoms with Crippen LogP contribution in [0.3, 0.4) is 0 Å². The van der Waals surface area contributed by atoms with Gasteiger partial charge in [-0.25, -0.2) is 22.9 Å². The minimum Gasteiger partial charge on any atom is -0.461 e. The Kier molecular flexibility index (Phi) is 8.17. The van der Waals surface area contributed by atoms with Crippen LogP contribution in [-0.4, -0.2) is 97.1 Å². The van der Waals surface area contributed by atoms with Gasteiger partial charge < -0.3 is 20.3 Å². The number of fused-ring (bicyclic) bond motifs is 3. The number of nitrogens with two attached hydrogens (primary N) is 1. The summed E-state index contributed by atoms with van der Waals surface area (Å²) in [6, 6.07) is 5.86. The minimum atomic E-state index is -0.967. The second-order valence-corrected chi connectivity index (χ2v) is 16.0. The summed E-state index contributed by atoms with van der Waals surface area (Å²) in [5, 5.41) is 14.6. The number of nitrogen functional groups attached to an aromatic ring is 1. The first kappa shape index (κ1) is 34.1. The van der Waals surface area contributed by atoms with Crippen LogP contribution in [0.2, 0.25) is 5.02 Å². The van der Waals surface area contributed by atoms with Crippen molar-refractivity contribution in [2.24, 2.45) is 0 Å². The van der Waals surface area contributed by atoms with Gasteiger partial charge in [-0.3, -0.25) is 4.90 Å². The van der Waals surface area contributed by atoms with E-state index < -0.39 is 28.9 Å². The monoisotopic (exact) mass is 762 g/mol. The predicted molar refractivity (Wildman–Crippen MR) is 194 cm³/mol.